The van der Waals surface area contributed by atoms with E-state index in [4.69, 9.17) is 11.6 Å². The van der Waals surface area contributed by atoms with Gasteiger partial charge < -0.3 is 9.88 Å². The average molecular weight is 402 g/mol. The Bertz CT molecular complexity index is 934. The molecule has 27 heavy (non-hydrogen) atoms. The molecule has 1 amide bonds. The van der Waals surface area contributed by atoms with Crippen LogP contribution in [0.1, 0.15) is 19.8 Å². The number of likely N-dealkylation sites (tertiary alicyclic amines) is 1. The standard InChI is InChI=1S/C21H24ClN3OS/c1-2-24-9-3-5-17(24)13-23-21(26)14-25-18-8-7-16(22)11-15(18)12-19(25)20-6-4-10-27-20/h4,6-8,10-12,17H,2-3,5,9,13-14H2,1H3,(H,23,26). The Hall–Kier alpha value is -1.82. The molecule has 1 unspecified atom stereocenters. The van der Waals surface area contributed by atoms with Gasteiger partial charge in [0.2, 0.25) is 5.91 Å². The van der Waals surface area contributed by atoms with E-state index >= 15 is 0 Å². The Balaban J connectivity index is 1.55. The first-order chi connectivity index (χ1) is 13.2. The van der Waals surface area contributed by atoms with Crippen LogP contribution in [-0.4, -0.2) is 41.1 Å². The average Bonchev–Trinajstić information content (AvgIpc) is 3.39. The molecule has 0 bridgehead atoms. The van der Waals surface area contributed by atoms with Crippen molar-refractivity contribution in [3.8, 4) is 10.6 Å². The minimum Gasteiger partial charge on any atom is -0.353 e. The first kappa shape index (κ1) is 18.5. The fourth-order valence-electron chi connectivity index (χ4n) is 4.01. The molecule has 3 heterocycles. The van der Waals surface area contributed by atoms with E-state index in [2.05, 4.69) is 39.2 Å². The molecule has 1 N–H and O–H groups in total. The number of nitrogens with zero attached hydrogens (tertiary/aromatic N) is 2. The molecule has 0 spiro atoms. The summed E-state index contributed by atoms with van der Waals surface area (Å²) in [5.74, 6) is 0.0585. The minimum absolute atomic E-state index is 0.0585. The van der Waals surface area contributed by atoms with Gasteiger partial charge in [0.15, 0.2) is 0 Å². The lowest BCUT2D eigenvalue weighted by Crippen LogP contribution is -2.41. The van der Waals surface area contributed by atoms with E-state index in [1.54, 1.807) is 11.3 Å². The lowest BCUT2D eigenvalue weighted by atomic mass is 10.2. The molecule has 1 atom stereocenters. The molecule has 0 saturated carbocycles. The van der Waals surface area contributed by atoms with Crippen LogP contribution in [0.3, 0.4) is 0 Å². The maximum Gasteiger partial charge on any atom is 0.240 e. The smallest absolute Gasteiger partial charge is 0.240 e. The lowest BCUT2D eigenvalue weighted by Gasteiger charge is -2.23. The monoisotopic (exact) mass is 401 g/mol. The van der Waals surface area contributed by atoms with E-state index in [0.717, 1.165) is 41.1 Å². The van der Waals surface area contributed by atoms with Crippen LogP contribution in [0.4, 0.5) is 0 Å². The zero-order valence-electron chi connectivity index (χ0n) is 15.5. The normalized spacial score (nSPS) is 17.6. The summed E-state index contributed by atoms with van der Waals surface area (Å²) in [6.45, 7) is 5.42. The maximum atomic E-state index is 12.7. The molecular weight excluding hydrogens is 378 g/mol. The molecule has 1 saturated heterocycles. The van der Waals surface area contributed by atoms with Crippen LogP contribution in [-0.2, 0) is 11.3 Å². The number of carbonyl (C=O) groups excluding carboxylic acids is 1. The summed E-state index contributed by atoms with van der Waals surface area (Å²) in [6, 6.07) is 12.6. The number of halogens is 1. The summed E-state index contributed by atoms with van der Waals surface area (Å²) in [4.78, 5) is 16.3. The number of rotatable bonds is 6. The van der Waals surface area contributed by atoms with Crippen molar-refractivity contribution in [3.63, 3.8) is 0 Å². The topological polar surface area (TPSA) is 37.3 Å². The first-order valence-corrected chi connectivity index (χ1v) is 10.7. The zero-order chi connectivity index (χ0) is 18.8. The van der Waals surface area contributed by atoms with Gasteiger partial charge in [-0.25, -0.2) is 0 Å². The Kier molecular flexibility index (Phi) is 5.53. The van der Waals surface area contributed by atoms with Gasteiger partial charge >= 0.3 is 0 Å². The van der Waals surface area contributed by atoms with Crippen molar-refractivity contribution in [3.05, 3.63) is 46.8 Å². The van der Waals surface area contributed by atoms with Gasteiger partial charge in [0, 0.05) is 28.5 Å². The van der Waals surface area contributed by atoms with Gasteiger partial charge in [-0.05, 0) is 61.6 Å². The van der Waals surface area contributed by atoms with Crippen LogP contribution < -0.4 is 5.32 Å². The second kappa shape index (κ2) is 8.05. The summed E-state index contributed by atoms with van der Waals surface area (Å²) in [7, 11) is 0. The Morgan fingerprint density at radius 1 is 1.33 bits per heavy atom. The predicted octanol–water partition coefficient (Wildman–Crippen LogP) is 4.62. The second-order valence-corrected chi connectivity index (χ2v) is 8.41. The van der Waals surface area contributed by atoms with E-state index < -0.39 is 0 Å². The van der Waals surface area contributed by atoms with Gasteiger partial charge in [-0.1, -0.05) is 24.6 Å². The molecule has 1 fully saturated rings. The largest absolute Gasteiger partial charge is 0.353 e. The number of hydrogen-bond acceptors (Lipinski definition) is 3. The number of benzene rings is 1. The van der Waals surface area contributed by atoms with Gasteiger partial charge in [0.05, 0.1) is 10.6 Å². The molecule has 4 rings (SSSR count). The lowest BCUT2D eigenvalue weighted by molar-refractivity contribution is -0.121. The van der Waals surface area contributed by atoms with Gasteiger partial charge in [0.25, 0.3) is 0 Å². The van der Waals surface area contributed by atoms with Gasteiger partial charge in [-0.15, -0.1) is 11.3 Å². The van der Waals surface area contributed by atoms with Gasteiger partial charge in [0.1, 0.15) is 6.54 Å². The molecular formula is C21H24ClN3OS. The highest BCUT2D eigenvalue weighted by atomic mass is 35.5. The van der Waals surface area contributed by atoms with Crippen molar-refractivity contribution in [2.45, 2.75) is 32.4 Å². The fraction of sp³-hybridized carbons (Fsp3) is 0.381. The second-order valence-electron chi connectivity index (χ2n) is 7.02. The van der Waals surface area contributed by atoms with Crippen molar-refractivity contribution < 1.29 is 4.79 Å². The summed E-state index contributed by atoms with van der Waals surface area (Å²) in [6.07, 6.45) is 2.39. The molecule has 6 heteroatoms. The Morgan fingerprint density at radius 2 is 2.22 bits per heavy atom. The predicted molar refractivity (Wildman–Crippen MR) is 114 cm³/mol. The molecule has 3 aromatic rings. The van der Waals surface area contributed by atoms with Crippen molar-refractivity contribution in [2.75, 3.05) is 19.6 Å². The minimum atomic E-state index is 0.0585. The van der Waals surface area contributed by atoms with E-state index in [0.29, 0.717) is 17.6 Å². The summed E-state index contributed by atoms with van der Waals surface area (Å²) in [5.41, 5.74) is 2.10. The van der Waals surface area contributed by atoms with Crippen LogP contribution in [0.5, 0.6) is 0 Å². The Labute approximate surface area is 168 Å². The summed E-state index contributed by atoms with van der Waals surface area (Å²) < 4.78 is 2.10. The fourth-order valence-corrected chi connectivity index (χ4v) is 4.95. The number of aromatic nitrogens is 1. The van der Waals surface area contributed by atoms with Crippen molar-refractivity contribution in [2.24, 2.45) is 0 Å². The van der Waals surface area contributed by atoms with Crippen LogP contribution in [0.25, 0.3) is 21.5 Å². The molecule has 0 aliphatic carbocycles. The third-order valence-corrected chi connectivity index (χ3v) is 6.51. The SMILES string of the molecule is CCN1CCCC1CNC(=O)Cn1c(-c2cccs2)cc2cc(Cl)ccc21. The highest BCUT2D eigenvalue weighted by Crippen LogP contribution is 2.32. The molecule has 1 aliphatic heterocycles. The number of thiophene rings is 1. The molecule has 142 valence electrons. The van der Waals surface area contributed by atoms with Gasteiger partial charge in [-0.3, -0.25) is 9.69 Å². The first-order valence-electron chi connectivity index (χ1n) is 9.49. The molecule has 4 nitrogen and oxygen atoms in total. The highest BCUT2D eigenvalue weighted by molar-refractivity contribution is 7.13. The highest BCUT2D eigenvalue weighted by Gasteiger charge is 2.23. The number of hydrogen-bond donors (Lipinski definition) is 1. The number of carbonyl (C=O) groups is 1. The van der Waals surface area contributed by atoms with E-state index in [1.165, 1.54) is 12.8 Å². The third-order valence-electron chi connectivity index (χ3n) is 5.38. The van der Waals surface area contributed by atoms with Crippen LogP contribution in [0.2, 0.25) is 5.02 Å². The van der Waals surface area contributed by atoms with Crippen molar-refractivity contribution >= 4 is 39.7 Å². The summed E-state index contributed by atoms with van der Waals surface area (Å²) >= 11 is 7.85. The van der Waals surface area contributed by atoms with Crippen LogP contribution in [0.15, 0.2) is 41.8 Å². The molecule has 0 radical (unpaired) electrons. The third kappa shape index (κ3) is 3.91. The van der Waals surface area contributed by atoms with E-state index in [9.17, 15) is 4.79 Å². The van der Waals surface area contributed by atoms with E-state index in [1.807, 2.05) is 24.3 Å². The number of fused-ring (bicyclic) bond motifs is 1. The maximum absolute atomic E-state index is 12.7. The number of likely N-dealkylation sites (N-methyl/N-ethyl adjacent to an activating group) is 1. The van der Waals surface area contributed by atoms with Crippen molar-refractivity contribution in [1.29, 1.82) is 0 Å². The molecule has 1 aromatic carbocycles. The zero-order valence-corrected chi connectivity index (χ0v) is 17.0. The van der Waals surface area contributed by atoms with Crippen LogP contribution in [0, 0.1) is 0 Å². The number of nitrogens with one attached hydrogen (secondary N) is 1. The van der Waals surface area contributed by atoms with Gasteiger partial charge in [-0.2, -0.15) is 0 Å². The van der Waals surface area contributed by atoms with Crippen LogP contribution >= 0.6 is 22.9 Å². The Morgan fingerprint density at radius 3 is 3.00 bits per heavy atom. The van der Waals surface area contributed by atoms with Crippen molar-refractivity contribution in [1.82, 2.24) is 14.8 Å². The van der Waals surface area contributed by atoms with E-state index in [-0.39, 0.29) is 5.91 Å². The molecule has 1 aliphatic rings. The quantitative estimate of drug-likeness (QED) is 0.654. The summed E-state index contributed by atoms with van der Waals surface area (Å²) in [5, 5.41) is 6.98. The number of amides is 1. The molecule has 2 aromatic heterocycles.